The highest BCUT2D eigenvalue weighted by molar-refractivity contribution is 8.93. The number of fused-ring (bicyclic) bond motifs is 1. The lowest BCUT2D eigenvalue weighted by Crippen LogP contribution is -2.61. The minimum absolute atomic E-state index is 0. The second-order valence-corrected chi connectivity index (χ2v) is 9.67. The van der Waals surface area contributed by atoms with Crippen LogP contribution in [0.2, 0.25) is 0 Å². The molecule has 3 aliphatic rings. The van der Waals surface area contributed by atoms with Crippen LogP contribution in [0.4, 0.5) is 35.5 Å². The average Bonchev–Trinajstić information content (AvgIpc) is 3.34. The van der Waals surface area contributed by atoms with E-state index in [0.717, 1.165) is 11.1 Å². The average molecular weight is 590 g/mol. The molecule has 0 bridgehead atoms. The molecule has 0 spiro atoms. The smallest absolute Gasteiger partial charge is 0.324 e. The zero-order chi connectivity index (χ0) is 25.4. The molecule has 2 atom stereocenters. The van der Waals surface area contributed by atoms with Crippen LogP contribution in [0.3, 0.4) is 0 Å². The van der Waals surface area contributed by atoms with E-state index in [9.17, 15) is 35.5 Å². The number of imidazole rings is 1. The molecule has 2 saturated carbocycles. The molecule has 2 aromatic heterocycles. The number of carbonyl (C=O) groups excluding carboxylic acids is 1. The van der Waals surface area contributed by atoms with Crippen LogP contribution in [0.5, 0.6) is 0 Å². The molecule has 36 heavy (non-hydrogen) atoms. The number of urea groups is 1. The quantitative estimate of drug-likeness (QED) is 0.523. The first-order chi connectivity index (χ1) is 16.2. The Labute approximate surface area is 210 Å². The summed E-state index contributed by atoms with van der Waals surface area (Å²) >= 11 is 0. The highest BCUT2D eigenvalue weighted by Crippen LogP contribution is 2.55. The highest BCUT2D eigenvalue weighted by Gasteiger charge is 2.65. The number of aromatic nitrogens is 4. The second kappa shape index (κ2) is 8.67. The van der Waals surface area contributed by atoms with Crippen molar-refractivity contribution >= 4 is 28.8 Å². The first-order valence-corrected chi connectivity index (χ1v) is 11.1. The molecule has 3 N–H and O–H groups in total. The van der Waals surface area contributed by atoms with E-state index in [1.165, 1.54) is 10.7 Å². The van der Waals surface area contributed by atoms with E-state index in [4.69, 9.17) is 5.73 Å². The van der Waals surface area contributed by atoms with Gasteiger partial charge in [-0.25, -0.2) is 36.8 Å². The summed E-state index contributed by atoms with van der Waals surface area (Å²) < 4.78 is 95.7. The Bertz CT molecular complexity index is 1140. The van der Waals surface area contributed by atoms with Crippen LogP contribution < -0.4 is 11.1 Å². The normalized spacial score (nSPS) is 26.3. The van der Waals surface area contributed by atoms with E-state index >= 15 is 0 Å². The Kier molecular flexibility index (Phi) is 6.46. The zero-order valence-electron chi connectivity index (χ0n) is 18.6. The molecule has 1 aliphatic heterocycles. The van der Waals surface area contributed by atoms with Crippen LogP contribution >= 0.6 is 17.0 Å². The summed E-state index contributed by atoms with van der Waals surface area (Å²) in [6.07, 6.45) is -4.15. The van der Waals surface area contributed by atoms with Gasteiger partial charge in [0.05, 0.1) is 36.4 Å². The van der Waals surface area contributed by atoms with Crippen molar-refractivity contribution < 1.29 is 35.5 Å². The number of hydrogen-bond donors (Lipinski definition) is 2. The molecule has 200 valence electrons. The molecule has 2 amide bonds. The molecule has 1 saturated heterocycles. The van der Waals surface area contributed by atoms with Crippen LogP contribution in [0.1, 0.15) is 56.0 Å². The lowest BCUT2D eigenvalue weighted by Gasteiger charge is -2.51. The minimum Gasteiger partial charge on any atom is -0.324 e. The largest absolute Gasteiger partial charge is 0.410 e. The Hall–Kier alpha value is -2.23. The summed E-state index contributed by atoms with van der Waals surface area (Å²) in [5, 5.41) is 5.89. The summed E-state index contributed by atoms with van der Waals surface area (Å²) in [7, 11) is 0. The van der Waals surface area contributed by atoms with Gasteiger partial charge in [-0.1, -0.05) is 0 Å². The summed E-state index contributed by atoms with van der Waals surface area (Å²) in [5.74, 6) is -6.21. The summed E-state index contributed by atoms with van der Waals surface area (Å²) in [6, 6.07) is -4.00. The molecular formula is C20H23BrF7N7O. The van der Waals surface area contributed by atoms with Crippen LogP contribution in [-0.2, 0) is 5.54 Å². The van der Waals surface area contributed by atoms with Gasteiger partial charge in [-0.05, 0) is 18.8 Å². The predicted octanol–water partition coefficient (Wildman–Crippen LogP) is 4.11. The molecule has 8 nitrogen and oxygen atoms in total. The first-order valence-electron chi connectivity index (χ1n) is 11.1. The molecular weight excluding hydrogens is 567 g/mol. The van der Waals surface area contributed by atoms with Gasteiger partial charge < -0.3 is 16.0 Å². The second-order valence-electron chi connectivity index (χ2n) is 9.67. The Morgan fingerprint density at radius 1 is 1.08 bits per heavy atom. The maximum atomic E-state index is 14.0. The Balaban J connectivity index is 0.00000304. The van der Waals surface area contributed by atoms with Crippen molar-refractivity contribution in [1.29, 1.82) is 0 Å². The van der Waals surface area contributed by atoms with Crippen LogP contribution in [-0.4, -0.2) is 61.1 Å². The van der Waals surface area contributed by atoms with Gasteiger partial charge >= 0.3 is 12.2 Å². The van der Waals surface area contributed by atoms with Crippen molar-refractivity contribution in [3.63, 3.8) is 0 Å². The molecule has 2 aliphatic carbocycles. The minimum atomic E-state index is -4.75. The van der Waals surface area contributed by atoms with Gasteiger partial charge in [0.25, 0.3) is 11.7 Å². The monoisotopic (exact) mass is 589 g/mol. The molecule has 16 heteroatoms. The maximum Gasteiger partial charge on any atom is 0.410 e. The van der Waals surface area contributed by atoms with Gasteiger partial charge in [0.1, 0.15) is 11.6 Å². The van der Waals surface area contributed by atoms with Gasteiger partial charge in [-0.2, -0.15) is 18.3 Å². The first kappa shape index (κ1) is 26.8. The summed E-state index contributed by atoms with van der Waals surface area (Å²) in [4.78, 5) is 21.6. The predicted molar refractivity (Wildman–Crippen MR) is 116 cm³/mol. The van der Waals surface area contributed by atoms with Crippen LogP contribution in [0, 0.1) is 5.92 Å². The number of carbonyl (C=O) groups is 1. The van der Waals surface area contributed by atoms with Gasteiger partial charge in [-0.3, -0.25) is 0 Å². The van der Waals surface area contributed by atoms with Crippen molar-refractivity contribution in [2.24, 2.45) is 11.7 Å². The number of amides is 2. The Morgan fingerprint density at radius 3 is 2.28 bits per heavy atom. The third-order valence-corrected chi connectivity index (χ3v) is 7.22. The Morgan fingerprint density at radius 2 is 1.72 bits per heavy atom. The van der Waals surface area contributed by atoms with Crippen molar-refractivity contribution in [3.8, 4) is 0 Å². The fourth-order valence-electron chi connectivity index (χ4n) is 5.25. The fourth-order valence-corrected chi connectivity index (χ4v) is 5.25. The van der Waals surface area contributed by atoms with E-state index in [-0.39, 0.29) is 60.1 Å². The number of nitrogens with two attached hydrogens (primary N) is 1. The number of nitrogens with zero attached hydrogens (tertiary/aromatic N) is 5. The standard InChI is InChI=1S/C20H22F7N7O.BrH/c21-18(22)3-1-10(2-4-18)14(28)11-6-34-15(30-11)31-12(5-29-34)17(8-19(23,24)9-17)33-7-13(20(25,26)27)32-16(33)35;/h5-6,10,13-14H,1-4,7-9,28H2,(H,32,35);1H/t13?,14-;/m0./s1. The molecule has 5 rings (SSSR count). The van der Waals surface area contributed by atoms with Crippen LogP contribution in [0.25, 0.3) is 5.78 Å². The lowest BCUT2D eigenvalue weighted by atomic mass is 9.70. The van der Waals surface area contributed by atoms with Gasteiger partial charge in [0.15, 0.2) is 0 Å². The molecule has 0 radical (unpaired) electrons. The van der Waals surface area contributed by atoms with E-state index in [0.29, 0.717) is 5.69 Å². The maximum absolute atomic E-state index is 14.0. The van der Waals surface area contributed by atoms with Crippen LogP contribution in [0.15, 0.2) is 12.4 Å². The number of nitrogens with one attached hydrogen (secondary N) is 1. The van der Waals surface area contributed by atoms with E-state index in [1.807, 2.05) is 0 Å². The zero-order valence-corrected chi connectivity index (χ0v) is 20.3. The summed E-state index contributed by atoms with van der Waals surface area (Å²) in [6.45, 7) is -0.845. The molecule has 3 fully saturated rings. The molecule has 3 heterocycles. The number of rotatable bonds is 4. The molecule has 0 aromatic carbocycles. The highest BCUT2D eigenvalue weighted by atomic mass is 79.9. The third kappa shape index (κ3) is 4.61. The van der Waals surface area contributed by atoms with E-state index in [2.05, 4.69) is 15.1 Å². The van der Waals surface area contributed by atoms with Gasteiger partial charge in [0.2, 0.25) is 5.92 Å². The SMILES string of the molecule is Br.N[C@H](c1cn2ncc(C3(N4CC(C(F)(F)F)NC4=O)CC(F)(F)C3)nc2n1)C1CCC(F)(F)CC1. The van der Waals surface area contributed by atoms with Gasteiger partial charge in [-0.15, -0.1) is 17.0 Å². The number of alkyl halides is 7. The van der Waals surface area contributed by atoms with Crippen molar-refractivity contribution in [1.82, 2.24) is 29.8 Å². The topological polar surface area (TPSA) is 101 Å². The fraction of sp³-hybridized carbons (Fsp3) is 0.700. The third-order valence-electron chi connectivity index (χ3n) is 7.22. The lowest BCUT2D eigenvalue weighted by molar-refractivity contribution is -0.177. The van der Waals surface area contributed by atoms with Crippen molar-refractivity contribution in [2.45, 2.75) is 74.2 Å². The van der Waals surface area contributed by atoms with Crippen molar-refractivity contribution in [3.05, 3.63) is 23.8 Å². The number of halogens is 8. The summed E-state index contributed by atoms with van der Waals surface area (Å²) in [5.41, 5.74) is 4.67. The molecule has 2 aromatic rings. The van der Waals surface area contributed by atoms with Gasteiger partial charge in [0, 0.05) is 25.7 Å². The molecule has 1 unspecified atom stereocenters. The number of hydrogen-bond acceptors (Lipinski definition) is 5. The van der Waals surface area contributed by atoms with E-state index in [1.54, 1.807) is 5.32 Å². The van der Waals surface area contributed by atoms with E-state index < -0.39 is 61.1 Å². The van der Waals surface area contributed by atoms with Crippen molar-refractivity contribution in [2.75, 3.05) is 6.54 Å².